The number of benzene rings is 1. The Labute approximate surface area is 170 Å². The molecule has 1 saturated carbocycles. The van der Waals surface area contributed by atoms with E-state index in [9.17, 15) is 0 Å². The number of nitrogens with one attached hydrogen (secondary N) is 1. The summed E-state index contributed by atoms with van der Waals surface area (Å²) in [5, 5.41) is 8.34. The third-order valence-corrected chi connectivity index (χ3v) is 7.21. The number of aryl methyl sites for hydroxylation is 1. The minimum absolute atomic E-state index is 0.610. The Hall–Kier alpha value is -2.89. The fourth-order valence-corrected chi connectivity index (χ4v) is 5.53. The Morgan fingerprint density at radius 1 is 1.07 bits per heavy atom. The Morgan fingerprint density at radius 2 is 1.90 bits per heavy atom. The average molecular weight is 387 g/mol. The number of hydrogen-bond acceptors (Lipinski definition) is 4. The number of aromatic amines is 1. The average Bonchev–Trinajstić information content (AvgIpc) is 3.48. The predicted octanol–water partition coefficient (Wildman–Crippen LogP) is 4.74. The second-order valence-corrected chi connectivity index (χ2v) is 8.86. The summed E-state index contributed by atoms with van der Waals surface area (Å²) >= 11 is 0. The number of hydrogen-bond donors (Lipinski definition) is 1. The van der Waals surface area contributed by atoms with Crippen molar-refractivity contribution < 1.29 is 0 Å². The summed E-state index contributed by atoms with van der Waals surface area (Å²) < 4.78 is 2.17. The summed E-state index contributed by atoms with van der Waals surface area (Å²) in [4.78, 5) is 12.3. The molecular formula is C23H26N6. The first kappa shape index (κ1) is 17.0. The molecule has 0 radical (unpaired) electrons. The standard InChI is InChI=1S/C23H26N6/c1-16-20(17-4-5-18-15-25-27-19(18)14-17)21-24-10-13-29(21)22(26-16)28-11-8-23(9-12-28)6-2-3-7-23/h4-5,10,13-15H,2-3,6-9,11-12H2,1H3,(H,25,27). The van der Waals surface area contributed by atoms with Crippen LogP contribution in [0.1, 0.15) is 44.2 Å². The van der Waals surface area contributed by atoms with Crippen molar-refractivity contribution in [3.63, 3.8) is 0 Å². The summed E-state index contributed by atoms with van der Waals surface area (Å²) in [6.07, 6.45) is 14.1. The van der Waals surface area contributed by atoms with E-state index in [1.807, 2.05) is 12.4 Å². The first-order valence-corrected chi connectivity index (χ1v) is 10.7. The highest BCUT2D eigenvalue weighted by atomic mass is 15.3. The number of nitrogens with zero attached hydrogens (tertiary/aromatic N) is 5. The monoisotopic (exact) mass is 386 g/mol. The van der Waals surface area contributed by atoms with Crippen LogP contribution in [-0.2, 0) is 0 Å². The highest BCUT2D eigenvalue weighted by Crippen LogP contribution is 2.46. The van der Waals surface area contributed by atoms with Crippen molar-refractivity contribution in [2.45, 2.75) is 45.4 Å². The van der Waals surface area contributed by atoms with Gasteiger partial charge in [-0.1, -0.05) is 25.0 Å². The molecule has 148 valence electrons. The van der Waals surface area contributed by atoms with Crippen LogP contribution in [0.3, 0.4) is 0 Å². The molecule has 1 N–H and O–H groups in total. The van der Waals surface area contributed by atoms with Crippen LogP contribution in [0.25, 0.3) is 27.7 Å². The molecule has 1 saturated heterocycles. The zero-order valence-electron chi connectivity index (χ0n) is 16.9. The summed E-state index contributed by atoms with van der Waals surface area (Å²) in [7, 11) is 0. The van der Waals surface area contributed by atoms with E-state index in [0.717, 1.165) is 52.4 Å². The summed E-state index contributed by atoms with van der Waals surface area (Å²) in [5.74, 6) is 1.04. The van der Waals surface area contributed by atoms with E-state index in [1.54, 1.807) is 0 Å². The molecule has 1 aliphatic carbocycles. The third-order valence-electron chi connectivity index (χ3n) is 7.21. The van der Waals surface area contributed by atoms with Crippen molar-refractivity contribution in [1.82, 2.24) is 24.6 Å². The number of H-pyrrole nitrogens is 1. The van der Waals surface area contributed by atoms with Gasteiger partial charge in [0.2, 0.25) is 5.95 Å². The lowest BCUT2D eigenvalue weighted by atomic mass is 9.77. The molecule has 4 heterocycles. The second-order valence-electron chi connectivity index (χ2n) is 8.86. The maximum atomic E-state index is 5.08. The number of imidazole rings is 1. The van der Waals surface area contributed by atoms with Gasteiger partial charge in [-0.3, -0.25) is 9.50 Å². The third kappa shape index (κ3) is 2.65. The normalized spacial score (nSPS) is 19.0. The molecule has 0 atom stereocenters. The van der Waals surface area contributed by atoms with Crippen LogP contribution in [0.2, 0.25) is 0 Å². The van der Waals surface area contributed by atoms with E-state index in [4.69, 9.17) is 9.97 Å². The minimum Gasteiger partial charge on any atom is -0.342 e. The van der Waals surface area contributed by atoms with Crippen LogP contribution >= 0.6 is 0 Å². The lowest BCUT2D eigenvalue weighted by Gasteiger charge is -2.40. The zero-order valence-corrected chi connectivity index (χ0v) is 16.9. The maximum absolute atomic E-state index is 5.08. The fraction of sp³-hybridized carbons (Fsp3) is 0.435. The van der Waals surface area contributed by atoms with Crippen LogP contribution in [0.5, 0.6) is 0 Å². The zero-order chi connectivity index (χ0) is 19.4. The SMILES string of the molecule is Cc1nc(N2CCC3(CCCC3)CC2)n2ccnc2c1-c1ccc2cn[nH]c2c1. The van der Waals surface area contributed by atoms with Crippen molar-refractivity contribution in [3.05, 3.63) is 42.5 Å². The minimum atomic E-state index is 0.610. The van der Waals surface area contributed by atoms with Gasteiger partial charge in [0, 0.05) is 36.4 Å². The molecule has 0 bridgehead atoms. The molecule has 29 heavy (non-hydrogen) atoms. The smallest absolute Gasteiger partial charge is 0.211 e. The van der Waals surface area contributed by atoms with Gasteiger partial charge in [0.25, 0.3) is 0 Å². The Balaban J connectivity index is 1.41. The van der Waals surface area contributed by atoms with Crippen molar-refractivity contribution in [2.75, 3.05) is 18.0 Å². The quantitative estimate of drug-likeness (QED) is 0.540. The van der Waals surface area contributed by atoms with Gasteiger partial charge in [-0.05, 0) is 49.7 Å². The first-order chi connectivity index (χ1) is 14.2. The van der Waals surface area contributed by atoms with Gasteiger partial charge < -0.3 is 4.90 Å². The highest BCUT2D eigenvalue weighted by molar-refractivity contribution is 5.88. The molecule has 6 heteroatoms. The molecule has 6 rings (SSSR count). The highest BCUT2D eigenvalue weighted by Gasteiger charge is 2.37. The molecule has 6 nitrogen and oxygen atoms in total. The molecule has 2 aliphatic rings. The molecule has 3 aromatic heterocycles. The van der Waals surface area contributed by atoms with Gasteiger partial charge in [0.1, 0.15) is 5.65 Å². The molecule has 0 amide bonds. The van der Waals surface area contributed by atoms with E-state index >= 15 is 0 Å². The number of rotatable bonds is 2. The Bertz CT molecular complexity index is 1190. The number of fused-ring (bicyclic) bond motifs is 2. The summed E-state index contributed by atoms with van der Waals surface area (Å²) in [6, 6.07) is 6.39. The van der Waals surface area contributed by atoms with Gasteiger partial charge >= 0.3 is 0 Å². The largest absolute Gasteiger partial charge is 0.342 e. The van der Waals surface area contributed by atoms with Crippen LogP contribution in [-0.4, -0.2) is 37.7 Å². The van der Waals surface area contributed by atoms with E-state index in [-0.39, 0.29) is 0 Å². The fourth-order valence-electron chi connectivity index (χ4n) is 5.53. The van der Waals surface area contributed by atoms with Crippen molar-refractivity contribution in [2.24, 2.45) is 5.41 Å². The molecular weight excluding hydrogens is 360 g/mol. The predicted molar refractivity (Wildman–Crippen MR) is 115 cm³/mol. The lowest BCUT2D eigenvalue weighted by molar-refractivity contribution is 0.225. The number of piperidine rings is 1. The molecule has 4 aromatic rings. The van der Waals surface area contributed by atoms with E-state index in [0.29, 0.717) is 5.41 Å². The maximum Gasteiger partial charge on any atom is 0.211 e. The Kier molecular flexibility index (Phi) is 3.70. The van der Waals surface area contributed by atoms with Gasteiger partial charge in [-0.2, -0.15) is 5.10 Å². The molecule has 0 unspecified atom stereocenters. The van der Waals surface area contributed by atoms with E-state index in [1.165, 1.54) is 38.5 Å². The van der Waals surface area contributed by atoms with Crippen molar-refractivity contribution in [1.29, 1.82) is 0 Å². The summed E-state index contributed by atoms with van der Waals surface area (Å²) in [6.45, 7) is 4.30. The summed E-state index contributed by atoms with van der Waals surface area (Å²) in [5.41, 5.74) is 5.87. The second kappa shape index (κ2) is 6.31. The number of anilines is 1. The van der Waals surface area contributed by atoms with E-state index in [2.05, 4.69) is 50.8 Å². The molecule has 1 aromatic carbocycles. The Morgan fingerprint density at radius 3 is 2.72 bits per heavy atom. The van der Waals surface area contributed by atoms with Gasteiger partial charge in [-0.25, -0.2) is 9.97 Å². The van der Waals surface area contributed by atoms with Gasteiger partial charge in [0.05, 0.1) is 17.4 Å². The molecule has 1 spiro atoms. The van der Waals surface area contributed by atoms with Crippen molar-refractivity contribution in [3.8, 4) is 11.1 Å². The van der Waals surface area contributed by atoms with Crippen LogP contribution in [0, 0.1) is 12.3 Å². The van der Waals surface area contributed by atoms with Gasteiger partial charge in [0.15, 0.2) is 0 Å². The van der Waals surface area contributed by atoms with Crippen LogP contribution in [0.4, 0.5) is 5.95 Å². The van der Waals surface area contributed by atoms with Crippen LogP contribution < -0.4 is 4.90 Å². The van der Waals surface area contributed by atoms with Crippen LogP contribution in [0.15, 0.2) is 36.8 Å². The topological polar surface area (TPSA) is 62.1 Å². The lowest BCUT2D eigenvalue weighted by Crippen LogP contribution is -2.40. The molecule has 2 fully saturated rings. The number of aromatic nitrogens is 5. The first-order valence-electron chi connectivity index (χ1n) is 10.7. The molecule has 1 aliphatic heterocycles. The van der Waals surface area contributed by atoms with E-state index < -0.39 is 0 Å². The van der Waals surface area contributed by atoms with Crippen molar-refractivity contribution >= 4 is 22.5 Å². The van der Waals surface area contributed by atoms with Gasteiger partial charge in [-0.15, -0.1) is 0 Å².